The Morgan fingerprint density at radius 1 is 0.917 bits per heavy atom. The Kier molecular flexibility index (Phi) is 6.54. The number of rotatable bonds is 3. The van der Waals surface area contributed by atoms with Gasteiger partial charge < -0.3 is 15.1 Å². The Balaban J connectivity index is 0.000000243. The Morgan fingerprint density at radius 2 is 1.38 bits per heavy atom. The summed E-state index contributed by atoms with van der Waals surface area (Å²) in [6.07, 6.45) is 0. The first-order valence-electron chi connectivity index (χ1n) is 6.61. The summed E-state index contributed by atoms with van der Waals surface area (Å²) in [5.74, 6) is -1.72. The number of aromatic carboxylic acids is 2. The molecule has 2 N–H and O–H groups in total. The normalized spacial score (nSPS) is 9.71. The lowest BCUT2D eigenvalue weighted by Gasteiger charge is -2.10. The van der Waals surface area contributed by atoms with Crippen LogP contribution >= 0.6 is 11.6 Å². The first-order valence-corrected chi connectivity index (χ1v) is 6.98. The number of halogens is 1. The molecule has 9 nitrogen and oxygen atoms in total. The van der Waals surface area contributed by atoms with Crippen LogP contribution in [0.1, 0.15) is 32.4 Å². The molecule has 0 radical (unpaired) electrons. The lowest BCUT2D eigenvalue weighted by atomic mass is 10.3. The standard InChI is InChI=1S/C8H11N3O2.C6H5ClN2O2/c1-5-4-6(7(12)13)10-8(9-5)11(2)3;1-3-2-4(5(10)11)9-6(7)8-3/h4H,1-3H3,(H,12,13);2H,1H3,(H,10,11). The number of hydrogen-bond donors (Lipinski definition) is 2. The van der Waals surface area contributed by atoms with E-state index in [4.69, 9.17) is 21.8 Å². The lowest BCUT2D eigenvalue weighted by Crippen LogP contribution is -2.15. The molecule has 0 spiro atoms. The lowest BCUT2D eigenvalue weighted by molar-refractivity contribution is 0.0679. The van der Waals surface area contributed by atoms with Crippen LogP contribution in [0.15, 0.2) is 12.1 Å². The van der Waals surface area contributed by atoms with E-state index in [9.17, 15) is 9.59 Å². The third kappa shape index (κ3) is 5.76. The molecule has 0 saturated carbocycles. The van der Waals surface area contributed by atoms with Gasteiger partial charge in [-0.05, 0) is 37.6 Å². The van der Waals surface area contributed by atoms with Gasteiger partial charge in [0, 0.05) is 25.5 Å². The van der Waals surface area contributed by atoms with Crippen LogP contribution in [0.25, 0.3) is 0 Å². The van der Waals surface area contributed by atoms with Crippen molar-refractivity contribution in [3.05, 3.63) is 40.2 Å². The van der Waals surface area contributed by atoms with Crippen molar-refractivity contribution in [2.24, 2.45) is 0 Å². The van der Waals surface area contributed by atoms with Crippen molar-refractivity contribution in [3.8, 4) is 0 Å². The van der Waals surface area contributed by atoms with Crippen LogP contribution in [0.4, 0.5) is 5.95 Å². The van der Waals surface area contributed by atoms with Gasteiger partial charge in [-0.2, -0.15) is 0 Å². The van der Waals surface area contributed by atoms with Crippen LogP contribution in [-0.2, 0) is 0 Å². The van der Waals surface area contributed by atoms with E-state index in [-0.39, 0.29) is 16.7 Å². The Hall–Kier alpha value is -2.81. The minimum Gasteiger partial charge on any atom is -0.477 e. The van der Waals surface area contributed by atoms with Gasteiger partial charge in [0.15, 0.2) is 11.4 Å². The molecule has 2 aromatic heterocycles. The van der Waals surface area contributed by atoms with Gasteiger partial charge >= 0.3 is 11.9 Å². The fraction of sp³-hybridized carbons (Fsp3) is 0.286. The van der Waals surface area contributed by atoms with Crippen molar-refractivity contribution in [2.45, 2.75) is 13.8 Å². The van der Waals surface area contributed by atoms with E-state index in [0.717, 1.165) is 0 Å². The van der Waals surface area contributed by atoms with Crippen molar-refractivity contribution in [1.82, 2.24) is 19.9 Å². The maximum atomic E-state index is 10.6. The molecular weight excluding hydrogens is 338 g/mol. The summed E-state index contributed by atoms with van der Waals surface area (Å²) < 4.78 is 0. The van der Waals surface area contributed by atoms with Crippen molar-refractivity contribution < 1.29 is 19.8 Å². The van der Waals surface area contributed by atoms with E-state index in [0.29, 0.717) is 17.3 Å². The monoisotopic (exact) mass is 353 g/mol. The molecule has 10 heteroatoms. The Morgan fingerprint density at radius 3 is 1.79 bits per heavy atom. The summed E-state index contributed by atoms with van der Waals surface area (Å²) in [4.78, 5) is 37.8. The number of carbonyl (C=O) groups is 2. The molecule has 2 aromatic rings. The van der Waals surface area contributed by atoms with Gasteiger partial charge in [-0.3, -0.25) is 0 Å². The minimum atomic E-state index is -1.10. The SMILES string of the molecule is Cc1cc(C(=O)O)nc(Cl)n1.Cc1cc(C(=O)O)nc(N(C)C)n1. The first kappa shape index (κ1) is 19.2. The topological polar surface area (TPSA) is 129 Å². The van der Waals surface area contributed by atoms with E-state index in [1.165, 1.54) is 12.1 Å². The highest BCUT2D eigenvalue weighted by Gasteiger charge is 2.09. The molecule has 0 amide bonds. The first-order chi connectivity index (χ1) is 11.1. The molecule has 0 atom stereocenters. The van der Waals surface area contributed by atoms with Crippen molar-refractivity contribution in [3.63, 3.8) is 0 Å². The molecule has 0 aliphatic heterocycles. The highest BCUT2D eigenvalue weighted by atomic mass is 35.5. The van der Waals surface area contributed by atoms with E-state index in [2.05, 4.69) is 19.9 Å². The van der Waals surface area contributed by atoms with Crippen molar-refractivity contribution in [2.75, 3.05) is 19.0 Å². The quantitative estimate of drug-likeness (QED) is 0.791. The second-order valence-electron chi connectivity index (χ2n) is 4.86. The second-order valence-corrected chi connectivity index (χ2v) is 5.20. The van der Waals surface area contributed by atoms with Gasteiger partial charge in [-0.15, -0.1) is 0 Å². The van der Waals surface area contributed by atoms with Gasteiger partial charge in [0.2, 0.25) is 11.2 Å². The van der Waals surface area contributed by atoms with Crippen molar-refractivity contribution >= 4 is 29.5 Å². The molecule has 2 rings (SSSR count). The summed E-state index contributed by atoms with van der Waals surface area (Å²) in [5.41, 5.74) is 1.14. The molecule has 24 heavy (non-hydrogen) atoms. The zero-order valence-corrected chi connectivity index (χ0v) is 14.2. The number of hydrogen-bond acceptors (Lipinski definition) is 7. The number of anilines is 1. The predicted molar refractivity (Wildman–Crippen MR) is 86.8 cm³/mol. The number of carboxylic acid groups (broad SMARTS) is 2. The zero-order valence-electron chi connectivity index (χ0n) is 13.5. The third-order valence-electron chi connectivity index (χ3n) is 2.51. The van der Waals surface area contributed by atoms with Crippen molar-refractivity contribution in [1.29, 1.82) is 0 Å². The maximum absolute atomic E-state index is 10.6. The highest BCUT2D eigenvalue weighted by Crippen LogP contribution is 2.07. The average Bonchev–Trinajstić information content (AvgIpc) is 2.46. The van der Waals surface area contributed by atoms with Gasteiger partial charge in [0.25, 0.3) is 0 Å². The van der Waals surface area contributed by atoms with Crippen LogP contribution in [-0.4, -0.2) is 56.2 Å². The van der Waals surface area contributed by atoms with E-state index in [1.807, 2.05) is 0 Å². The molecule has 128 valence electrons. The van der Waals surface area contributed by atoms with Crippen LogP contribution in [0.5, 0.6) is 0 Å². The molecule has 2 heterocycles. The smallest absolute Gasteiger partial charge is 0.354 e. The molecule has 0 bridgehead atoms. The van der Waals surface area contributed by atoms with Crippen LogP contribution in [0.3, 0.4) is 0 Å². The molecule has 0 aliphatic carbocycles. The number of aromatic nitrogens is 4. The summed E-state index contributed by atoms with van der Waals surface area (Å²) in [6.45, 7) is 3.39. The van der Waals surface area contributed by atoms with Crippen LogP contribution in [0, 0.1) is 13.8 Å². The second kappa shape index (κ2) is 8.16. The summed E-state index contributed by atoms with van der Waals surface area (Å²) in [7, 11) is 3.53. The fourth-order valence-corrected chi connectivity index (χ4v) is 1.73. The van der Waals surface area contributed by atoms with Gasteiger partial charge in [-0.1, -0.05) is 0 Å². The Labute approximate surface area is 143 Å². The molecular formula is C14H16ClN5O4. The summed E-state index contributed by atoms with van der Waals surface area (Å²) >= 11 is 5.41. The third-order valence-corrected chi connectivity index (χ3v) is 2.68. The maximum Gasteiger partial charge on any atom is 0.354 e. The van der Waals surface area contributed by atoms with Gasteiger partial charge in [0.1, 0.15) is 0 Å². The largest absolute Gasteiger partial charge is 0.477 e. The Bertz CT molecular complexity index is 747. The van der Waals surface area contributed by atoms with E-state index in [1.54, 1.807) is 32.8 Å². The highest BCUT2D eigenvalue weighted by molar-refractivity contribution is 6.28. The van der Waals surface area contributed by atoms with Crippen LogP contribution < -0.4 is 4.90 Å². The minimum absolute atomic E-state index is 0.0243. The predicted octanol–water partition coefficient (Wildman–Crippen LogP) is 1.69. The van der Waals surface area contributed by atoms with Gasteiger partial charge in [0.05, 0.1) is 0 Å². The molecule has 0 aliphatic rings. The number of carboxylic acids is 2. The van der Waals surface area contributed by atoms with E-state index >= 15 is 0 Å². The molecule has 0 fully saturated rings. The fourth-order valence-electron chi connectivity index (χ4n) is 1.50. The van der Waals surface area contributed by atoms with Gasteiger partial charge in [-0.25, -0.2) is 29.5 Å². The molecule has 0 unspecified atom stereocenters. The summed E-state index contributed by atoms with van der Waals surface area (Å²) in [5, 5.41) is 17.2. The van der Waals surface area contributed by atoms with E-state index < -0.39 is 11.9 Å². The summed E-state index contributed by atoms with van der Waals surface area (Å²) in [6, 6.07) is 2.80. The molecule has 0 saturated heterocycles. The number of nitrogens with zero attached hydrogens (tertiary/aromatic N) is 5. The average molecular weight is 354 g/mol. The molecule has 0 aromatic carbocycles. The van der Waals surface area contributed by atoms with Crippen LogP contribution in [0.2, 0.25) is 5.28 Å². The number of aryl methyl sites for hydroxylation is 2. The zero-order chi connectivity index (χ0) is 18.4.